The Hall–Kier alpha value is -13.0. The van der Waals surface area contributed by atoms with Crippen LogP contribution in [0, 0.1) is 29.5 Å². The number of rotatable bonds is 26. The molecule has 7 aliphatic rings. The lowest BCUT2D eigenvalue weighted by Gasteiger charge is -2.25. The quantitative estimate of drug-likeness (QED) is 0.0391. The van der Waals surface area contributed by atoms with Crippen molar-refractivity contribution in [3.05, 3.63) is 233 Å². The molecule has 7 fully saturated rings. The molecule has 19 rings (SSSR count). The van der Waals surface area contributed by atoms with Gasteiger partial charge in [-0.3, -0.25) is 19.6 Å². The van der Waals surface area contributed by atoms with E-state index in [2.05, 4.69) is 180 Å². The van der Waals surface area contributed by atoms with Gasteiger partial charge in [0.05, 0.1) is 99.1 Å². The third kappa shape index (κ3) is 20.5. The number of nitrogens with zero attached hydrogens (tertiary/aromatic N) is 25. The van der Waals surface area contributed by atoms with Crippen molar-refractivity contribution in [1.29, 1.82) is 0 Å². The van der Waals surface area contributed by atoms with Crippen LogP contribution in [-0.4, -0.2) is 206 Å². The number of carbonyl (C=O) groups excluding carboxylic acids is 4. The van der Waals surface area contributed by atoms with E-state index in [4.69, 9.17) is 44.9 Å². The molecule has 8 aromatic heterocycles. The summed E-state index contributed by atoms with van der Waals surface area (Å²) in [5.41, 5.74) is 8.47. The first kappa shape index (κ1) is 91.4. The number of benzene rings is 4. The Balaban J connectivity index is 0.000000128. The van der Waals surface area contributed by atoms with Crippen LogP contribution in [0.2, 0.25) is 15.1 Å². The molecule has 3 aliphatic carbocycles. The number of imidazole rings is 3. The minimum Gasteiger partial charge on any atom is -0.346 e. The highest BCUT2D eigenvalue weighted by Crippen LogP contribution is 2.47. The maximum Gasteiger partial charge on any atom is 0.325 e. The summed E-state index contributed by atoms with van der Waals surface area (Å²) in [5, 5.41) is 19.2. The molecule has 8 amide bonds. The van der Waals surface area contributed by atoms with Crippen LogP contribution in [0.25, 0.3) is 22.7 Å². The van der Waals surface area contributed by atoms with Gasteiger partial charge in [-0.05, 0) is 191 Å². The van der Waals surface area contributed by atoms with Crippen molar-refractivity contribution in [2.45, 2.75) is 174 Å². The lowest BCUT2D eigenvalue weighted by atomic mass is 10.0. The molecular formula is C94H111Cl3FN29O4. The Labute approximate surface area is 776 Å². The van der Waals surface area contributed by atoms with Crippen molar-refractivity contribution in [1.82, 2.24) is 103 Å². The van der Waals surface area contributed by atoms with Crippen molar-refractivity contribution < 1.29 is 23.6 Å². The molecule has 4 N–H and O–H groups in total. The van der Waals surface area contributed by atoms with Gasteiger partial charge in [-0.15, -0.1) is 5.10 Å². The topological polar surface area (TPSA) is 330 Å². The molecule has 0 spiro atoms. The summed E-state index contributed by atoms with van der Waals surface area (Å²) in [6, 6.07) is 34.0. The van der Waals surface area contributed by atoms with Gasteiger partial charge in [-0.1, -0.05) is 114 Å². The smallest absolute Gasteiger partial charge is 0.325 e. The maximum atomic E-state index is 13.8. The van der Waals surface area contributed by atoms with Crippen LogP contribution in [0.5, 0.6) is 0 Å². The second kappa shape index (κ2) is 38.6. The first-order valence-electron chi connectivity index (χ1n) is 44.6. The summed E-state index contributed by atoms with van der Waals surface area (Å²) < 4.78 is 21.3. The van der Waals surface area contributed by atoms with Gasteiger partial charge in [-0.25, -0.2) is 68.1 Å². The molecule has 4 saturated heterocycles. The number of likely N-dealkylation sites (N-methyl/N-ethyl adjacent to an activating group) is 4. The number of nitrogens with one attached hydrogen (secondary N) is 4. The van der Waals surface area contributed by atoms with Gasteiger partial charge >= 0.3 is 24.1 Å². The van der Waals surface area contributed by atoms with E-state index < -0.39 is 5.82 Å². The average Bonchev–Trinajstić information content (AvgIpc) is 1.59. The second-order valence-corrected chi connectivity index (χ2v) is 37.4. The SMILES string of the molecule is CC(C)[C@H]1CN(C)C(=O)N1c1ccnc(NC2(c3ncn(-c4cccc(C5CC5)c4)n3)CC2)n1.CC(C)[C@H]1CN(C)C(=O)N1c1ccnc(N[C@@H](C)c2cn(-c3ccc(C4CC4)cc3)cn2)n1.CC(C)[C@H]1CN(C)C(=O)N1c1ccnc(N[C@@H](C)c2cn(-c3ccc(Cl)c(Cl)c3)cn2)n1.CC(C)[C@H]1CN(C)C(=O)N1c1ccnc(N[C@@H](C)c2cn(-c3ccc(Cl)c(F)c3)cn2)n1. The molecule has 0 bridgehead atoms. The Morgan fingerprint density at radius 2 is 0.748 bits per heavy atom. The number of amides is 8. The number of aromatic nitrogens is 17. The molecule has 37 heteroatoms. The van der Waals surface area contributed by atoms with Crippen molar-refractivity contribution in [3.8, 4) is 22.7 Å². The molecule has 12 aromatic rings. The molecule has 7 atom stereocenters. The zero-order valence-electron chi connectivity index (χ0n) is 76.1. The normalized spacial score (nSPS) is 18.9. The summed E-state index contributed by atoms with van der Waals surface area (Å²) in [6.07, 6.45) is 26.4. The van der Waals surface area contributed by atoms with Crippen molar-refractivity contribution in [3.63, 3.8) is 0 Å². The summed E-state index contributed by atoms with van der Waals surface area (Å²) in [5.74, 6) is 7.14. The number of hydrogen-bond donors (Lipinski definition) is 4. The van der Waals surface area contributed by atoms with Crippen molar-refractivity contribution in [2.75, 3.05) is 95.2 Å². The van der Waals surface area contributed by atoms with E-state index in [1.54, 1.807) is 143 Å². The van der Waals surface area contributed by atoms with E-state index in [1.807, 2.05) is 80.5 Å². The zero-order chi connectivity index (χ0) is 92.5. The highest BCUT2D eigenvalue weighted by molar-refractivity contribution is 6.42. The second-order valence-electron chi connectivity index (χ2n) is 36.2. The molecule has 0 unspecified atom stereocenters. The maximum absolute atomic E-state index is 13.8. The molecule has 12 heterocycles. The number of halogens is 4. The Morgan fingerprint density at radius 3 is 1.13 bits per heavy atom. The zero-order valence-corrected chi connectivity index (χ0v) is 78.4. The molecule has 4 aliphatic heterocycles. The molecular weight excluding hydrogens is 1720 g/mol. The van der Waals surface area contributed by atoms with Gasteiger partial charge in [0.25, 0.3) is 0 Å². The summed E-state index contributed by atoms with van der Waals surface area (Å²) in [7, 11) is 7.27. The molecule has 33 nitrogen and oxygen atoms in total. The van der Waals surface area contributed by atoms with E-state index in [0.717, 1.165) is 58.7 Å². The first-order valence-corrected chi connectivity index (χ1v) is 45.7. The monoisotopic (exact) mass is 1830 g/mol. The molecule has 4 aromatic carbocycles. The van der Waals surface area contributed by atoms with E-state index in [0.29, 0.717) is 113 Å². The third-order valence-electron chi connectivity index (χ3n) is 25.0. The van der Waals surface area contributed by atoms with Gasteiger partial charge in [-0.2, -0.15) is 19.9 Å². The Kier molecular flexibility index (Phi) is 26.9. The lowest BCUT2D eigenvalue weighted by molar-refractivity contribution is 0.228. The summed E-state index contributed by atoms with van der Waals surface area (Å²) in [4.78, 5) is 119. The van der Waals surface area contributed by atoms with Gasteiger partial charge < -0.3 is 54.6 Å². The van der Waals surface area contributed by atoms with Crippen molar-refractivity contribution >= 4 is 106 Å². The highest BCUT2D eigenvalue weighted by Gasteiger charge is 2.50. The largest absolute Gasteiger partial charge is 0.346 e. The van der Waals surface area contributed by atoms with Crippen LogP contribution in [0.3, 0.4) is 0 Å². The fourth-order valence-electron chi connectivity index (χ4n) is 16.6. The number of urea groups is 4. The van der Waals surface area contributed by atoms with E-state index in [-0.39, 0.29) is 82.9 Å². The van der Waals surface area contributed by atoms with Crippen LogP contribution in [0.15, 0.2) is 178 Å². The van der Waals surface area contributed by atoms with Gasteiger partial charge in [0, 0.05) is 115 Å². The van der Waals surface area contributed by atoms with E-state index in [9.17, 15) is 23.6 Å². The van der Waals surface area contributed by atoms with Crippen LogP contribution >= 0.6 is 34.8 Å². The van der Waals surface area contributed by atoms with Gasteiger partial charge in [0.1, 0.15) is 41.0 Å². The average molecular weight is 1840 g/mol. The summed E-state index contributed by atoms with van der Waals surface area (Å²) in [6.45, 7) is 25.6. The van der Waals surface area contributed by atoms with Crippen molar-refractivity contribution in [2.24, 2.45) is 23.7 Å². The lowest BCUT2D eigenvalue weighted by Crippen LogP contribution is -2.38. The van der Waals surface area contributed by atoms with Crippen LogP contribution in [0.1, 0.15) is 179 Å². The van der Waals surface area contributed by atoms with E-state index >= 15 is 0 Å². The third-order valence-corrected chi connectivity index (χ3v) is 26.0. The Bertz CT molecular complexity index is 5910. The van der Waals surface area contributed by atoms with Gasteiger partial charge in [0.15, 0.2) is 5.82 Å². The standard InChI is InChI=1S/C25H30N8O.C25H31N7O.C22H25Cl2N7O.C22H25ClFN7O/c1-16(2)20-14-31(3)24(34)33(20)21-9-12-26-23(28-21)29-25(10-11-25)22-27-15-32(30-22)19-6-4-5-18(13-19)17-7-8-17;1-16(2)22-14-30(4)25(33)32(22)23-11-12-26-24(29-23)28-17(3)21-13-31(15-27-21)20-9-7-19(8-10-20)18-5-6-18;2*1-13(2)19-11-29(4)22(32)31(19)20-7-8-25-21(28-20)27-14(3)18-10-30(12-26-18)15-5-6-16(23)17(24)9-15/h4-6,9,12-13,15-17,20H,7-8,10-11,14H2,1-3H3,(H,26,28,29);7-13,15-18,22H,5-6,14H2,1-4H3,(H,26,28,29);2*5-10,12-14,19H,11H2,1-4H3,(H,25,27,28)/t20-;17-,22+;2*14-,19+/m1000/s1. The fraction of sp³-hybridized carbons (Fsp3) is 0.415. The predicted molar refractivity (Wildman–Crippen MR) is 506 cm³/mol. The highest BCUT2D eigenvalue weighted by atomic mass is 35.5. The number of hydrogen-bond acceptors (Lipinski definition) is 21. The summed E-state index contributed by atoms with van der Waals surface area (Å²) >= 11 is 17.9. The van der Waals surface area contributed by atoms with E-state index in [1.165, 1.54) is 48.9 Å². The van der Waals surface area contributed by atoms with Crippen LogP contribution < -0.4 is 40.9 Å². The number of anilines is 8. The van der Waals surface area contributed by atoms with Crippen LogP contribution in [0.4, 0.5) is 70.6 Å². The minimum atomic E-state index is -0.488. The predicted octanol–water partition coefficient (Wildman–Crippen LogP) is 18.1. The molecule has 0 radical (unpaired) electrons. The fourth-order valence-corrected chi connectivity index (χ4v) is 17.0. The first-order chi connectivity index (χ1) is 62.8. The number of carbonyl (C=O) groups is 4. The molecule has 131 heavy (non-hydrogen) atoms. The van der Waals surface area contributed by atoms with Gasteiger partial charge in [0.2, 0.25) is 23.8 Å². The Morgan fingerprint density at radius 1 is 0.382 bits per heavy atom. The minimum absolute atomic E-state index is 0.0293. The molecule has 3 saturated carbocycles. The van der Waals surface area contributed by atoms with Crippen LogP contribution in [-0.2, 0) is 5.54 Å². The molecule has 684 valence electrons.